The molecule has 0 N–H and O–H groups in total. The van der Waals surface area contributed by atoms with Gasteiger partial charge in [0.2, 0.25) is 0 Å². The Labute approximate surface area is 123 Å². The zero-order valence-electron chi connectivity index (χ0n) is 11.6. The number of aromatic nitrogens is 2. The molecule has 1 aromatic heterocycles. The van der Waals surface area contributed by atoms with Gasteiger partial charge in [-0.05, 0) is 57.2 Å². The summed E-state index contributed by atoms with van der Waals surface area (Å²) in [6.07, 6.45) is 3.21. The molecule has 0 fully saturated rings. The minimum atomic E-state index is -0.0823. The third-order valence-electron chi connectivity index (χ3n) is 3.04. The third kappa shape index (κ3) is 3.31. The largest absolute Gasteiger partial charge is 0.289 e. The predicted molar refractivity (Wildman–Crippen MR) is 81.1 cm³/mol. The van der Waals surface area contributed by atoms with Gasteiger partial charge in [0, 0.05) is 10.6 Å². The maximum absolute atomic E-state index is 12.0. The van der Waals surface area contributed by atoms with Crippen molar-refractivity contribution >= 4 is 23.5 Å². The number of ketones is 1. The van der Waals surface area contributed by atoms with E-state index in [1.807, 2.05) is 20.8 Å². The van der Waals surface area contributed by atoms with Crippen molar-refractivity contribution in [1.82, 2.24) is 9.97 Å². The van der Waals surface area contributed by atoms with Gasteiger partial charge in [0.1, 0.15) is 0 Å². The zero-order valence-corrected chi connectivity index (χ0v) is 12.4. The zero-order chi connectivity index (χ0) is 14.7. The highest BCUT2D eigenvalue weighted by Crippen LogP contribution is 2.12. The van der Waals surface area contributed by atoms with Gasteiger partial charge in [-0.15, -0.1) is 0 Å². The molecule has 3 nitrogen and oxygen atoms in total. The molecule has 1 aromatic carbocycles. The van der Waals surface area contributed by atoms with E-state index in [0.29, 0.717) is 10.6 Å². The molecular weight excluding hydrogens is 272 g/mol. The van der Waals surface area contributed by atoms with Crippen LogP contribution < -0.4 is 0 Å². The molecule has 0 aliphatic rings. The number of carbonyl (C=O) groups excluding carboxylic acids is 1. The molecule has 0 unspecified atom stereocenters. The Morgan fingerprint density at radius 2 is 1.60 bits per heavy atom. The summed E-state index contributed by atoms with van der Waals surface area (Å²) >= 11 is 5.79. The van der Waals surface area contributed by atoms with Crippen LogP contribution in [0.1, 0.15) is 33.1 Å². The summed E-state index contributed by atoms with van der Waals surface area (Å²) in [6, 6.07) is 6.80. The van der Waals surface area contributed by atoms with Crippen LogP contribution in [0.5, 0.6) is 0 Å². The number of rotatable bonds is 3. The minimum Gasteiger partial charge on any atom is -0.289 e. The first-order valence-electron chi connectivity index (χ1n) is 6.27. The van der Waals surface area contributed by atoms with Crippen molar-refractivity contribution in [1.29, 1.82) is 0 Å². The van der Waals surface area contributed by atoms with Gasteiger partial charge < -0.3 is 0 Å². The normalized spacial score (nSPS) is 11.0. The number of aryl methyl sites for hydroxylation is 3. The highest BCUT2D eigenvalue weighted by Gasteiger charge is 2.05. The fraction of sp³-hybridized carbons (Fsp3) is 0.188. The number of hydrogen-bond acceptors (Lipinski definition) is 3. The van der Waals surface area contributed by atoms with Gasteiger partial charge in [-0.3, -0.25) is 9.78 Å². The van der Waals surface area contributed by atoms with E-state index in [2.05, 4.69) is 9.97 Å². The predicted octanol–water partition coefficient (Wildman–Crippen LogP) is 3.95. The first kappa shape index (κ1) is 14.4. The lowest BCUT2D eigenvalue weighted by atomic mass is 10.1. The average Bonchev–Trinajstić information content (AvgIpc) is 2.42. The van der Waals surface area contributed by atoms with E-state index in [4.69, 9.17) is 11.6 Å². The number of benzene rings is 1. The topological polar surface area (TPSA) is 42.9 Å². The standard InChI is InChI=1S/C16H15ClN2O/c1-10-11(2)19-15(12(3)18-10)8-9-16(20)13-4-6-14(17)7-5-13/h4-9H,1-3H3/b9-8+. The summed E-state index contributed by atoms with van der Waals surface area (Å²) < 4.78 is 0. The molecule has 0 saturated carbocycles. The van der Waals surface area contributed by atoms with Crippen LogP contribution in [0.2, 0.25) is 5.02 Å². The Kier molecular flexibility index (Phi) is 4.30. The maximum Gasteiger partial charge on any atom is 0.185 e. The highest BCUT2D eigenvalue weighted by molar-refractivity contribution is 6.30. The number of allylic oxidation sites excluding steroid dienone is 1. The molecule has 0 aliphatic heterocycles. The van der Waals surface area contributed by atoms with Crippen molar-refractivity contribution in [3.63, 3.8) is 0 Å². The molecule has 2 rings (SSSR count). The van der Waals surface area contributed by atoms with Crippen molar-refractivity contribution in [2.24, 2.45) is 0 Å². The number of nitrogens with zero attached hydrogens (tertiary/aromatic N) is 2. The SMILES string of the molecule is Cc1nc(C)c(/C=C/C(=O)c2ccc(Cl)cc2)nc1C. The van der Waals surface area contributed by atoms with E-state index in [1.54, 1.807) is 30.3 Å². The van der Waals surface area contributed by atoms with Gasteiger partial charge in [-0.1, -0.05) is 11.6 Å². The van der Waals surface area contributed by atoms with Crippen LogP contribution in [-0.4, -0.2) is 15.8 Å². The summed E-state index contributed by atoms with van der Waals surface area (Å²) in [5, 5.41) is 0.612. The van der Waals surface area contributed by atoms with Crippen molar-refractivity contribution in [2.75, 3.05) is 0 Å². The molecule has 0 bridgehead atoms. The van der Waals surface area contributed by atoms with Crippen LogP contribution in [0, 0.1) is 20.8 Å². The summed E-state index contributed by atoms with van der Waals surface area (Å²) in [7, 11) is 0. The van der Waals surface area contributed by atoms with E-state index >= 15 is 0 Å². The second-order valence-corrected chi connectivity index (χ2v) is 5.01. The second-order valence-electron chi connectivity index (χ2n) is 4.57. The lowest BCUT2D eigenvalue weighted by Gasteiger charge is -2.03. The first-order chi connectivity index (χ1) is 9.47. The van der Waals surface area contributed by atoms with Gasteiger partial charge >= 0.3 is 0 Å². The van der Waals surface area contributed by atoms with E-state index in [-0.39, 0.29) is 5.78 Å². The van der Waals surface area contributed by atoms with Crippen LogP contribution in [-0.2, 0) is 0 Å². The Balaban J connectivity index is 2.23. The quantitative estimate of drug-likeness (QED) is 0.634. The van der Waals surface area contributed by atoms with Gasteiger partial charge in [-0.2, -0.15) is 0 Å². The average molecular weight is 287 g/mol. The molecule has 4 heteroatoms. The molecule has 0 atom stereocenters. The van der Waals surface area contributed by atoms with Gasteiger partial charge in [0.25, 0.3) is 0 Å². The molecule has 1 heterocycles. The molecule has 102 valence electrons. The third-order valence-corrected chi connectivity index (χ3v) is 3.29. The molecule has 0 aliphatic carbocycles. The van der Waals surface area contributed by atoms with E-state index in [0.717, 1.165) is 22.8 Å². The van der Waals surface area contributed by atoms with Gasteiger partial charge in [0.05, 0.1) is 22.8 Å². The van der Waals surface area contributed by atoms with Gasteiger partial charge in [-0.25, -0.2) is 4.98 Å². The minimum absolute atomic E-state index is 0.0823. The van der Waals surface area contributed by atoms with Crippen molar-refractivity contribution in [3.05, 3.63) is 63.7 Å². The molecule has 2 aromatic rings. The van der Waals surface area contributed by atoms with Crippen LogP contribution in [0.4, 0.5) is 0 Å². The molecule has 20 heavy (non-hydrogen) atoms. The maximum atomic E-state index is 12.0. The lowest BCUT2D eigenvalue weighted by molar-refractivity contribution is 0.104. The summed E-state index contributed by atoms with van der Waals surface area (Å²) in [6.45, 7) is 5.70. The van der Waals surface area contributed by atoms with Crippen LogP contribution in [0.3, 0.4) is 0 Å². The molecule has 0 spiro atoms. The van der Waals surface area contributed by atoms with E-state index < -0.39 is 0 Å². The monoisotopic (exact) mass is 286 g/mol. The lowest BCUT2D eigenvalue weighted by Crippen LogP contribution is -1.99. The molecule has 0 saturated heterocycles. The Morgan fingerprint density at radius 1 is 1.00 bits per heavy atom. The van der Waals surface area contributed by atoms with Crippen molar-refractivity contribution in [2.45, 2.75) is 20.8 Å². The fourth-order valence-electron chi connectivity index (χ4n) is 1.76. The highest BCUT2D eigenvalue weighted by atomic mass is 35.5. The second kappa shape index (κ2) is 5.97. The Morgan fingerprint density at radius 3 is 2.25 bits per heavy atom. The van der Waals surface area contributed by atoms with Crippen molar-refractivity contribution < 1.29 is 4.79 Å². The van der Waals surface area contributed by atoms with Crippen LogP contribution >= 0.6 is 11.6 Å². The number of carbonyl (C=O) groups is 1. The Bertz CT molecular complexity index is 676. The summed E-state index contributed by atoms with van der Waals surface area (Å²) in [5.41, 5.74) is 3.90. The number of halogens is 1. The van der Waals surface area contributed by atoms with Crippen LogP contribution in [0.25, 0.3) is 6.08 Å². The smallest absolute Gasteiger partial charge is 0.185 e. The van der Waals surface area contributed by atoms with Crippen molar-refractivity contribution in [3.8, 4) is 0 Å². The fourth-order valence-corrected chi connectivity index (χ4v) is 1.88. The van der Waals surface area contributed by atoms with E-state index in [9.17, 15) is 4.79 Å². The van der Waals surface area contributed by atoms with Crippen LogP contribution in [0.15, 0.2) is 30.3 Å². The molecule has 0 radical (unpaired) electrons. The molecule has 0 amide bonds. The number of hydrogen-bond donors (Lipinski definition) is 0. The summed E-state index contributed by atoms with van der Waals surface area (Å²) in [5.74, 6) is -0.0823. The first-order valence-corrected chi connectivity index (χ1v) is 6.65. The molecular formula is C16H15ClN2O. The van der Waals surface area contributed by atoms with Gasteiger partial charge in [0.15, 0.2) is 5.78 Å². The van der Waals surface area contributed by atoms with E-state index in [1.165, 1.54) is 6.08 Å². The summed E-state index contributed by atoms with van der Waals surface area (Å²) in [4.78, 5) is 20.8. The Hall–Kier alpha value is -2.00.